The second-order valence-corrected chi connectivity index (χ2v) is 23.7. The lowest BCUT2D eigenvalue weighted by Gasteiger charge is -2.25. The van der Waals surface area contributed by atoms with Gasteiger partial charge in [-0.15, -0.1) is 0 Å². The normalized spacial score (nSPS) is 13.6. The van der Waals surface area contributed by atoms with Crippen LogP contribution in [0.5, 0.6) is 0 Å². The number of esters is 2. The summed E-state index contributed by atoms with van der Waals surface area (Å²) >= 11 is 0. The zero-order valence-corrected chi connectivity index (χ0v) is 55.2. The van der Waals surface area contributed by atoms with Crippen LogP contribution in [0.1, 0.15) is 271 Å². The van der Waals surface area contributed by atoms with Gasteiger partial charge in [-0.05, 0) is 109 Å². The van der Waals surface area contributed by atoms with Crippen LogP contribution in [0.25, 0.3) is 0 Å². The van der Waals surface area contributed by atoms with Gasteiger partial charge in [0, 0.05) is 12.8 Å². The van der Waals surface area contributed by atoms with Crippen molar-refractivity contribution in [1.29, 1.82) is 0 Å². The third-order valence-corrected chi connectivity index (χ3v) is 14.4. The van der Waals surface area contributed by atoms with Gasteiger partial charge in [0.15, 0.2) is 6.10 Å². The molecule has 85 heavy (non-hydrogen) atoms. The molecule has 0 fully saturated rings. The molecule has 0 radical (unpaired) electrons. The zero-order chi connectivity index (χ0) is 61.9. The van der Waals surface area contributed by atoms with Gasteiger partial charge in [-0.25, -0.2) is 4.79 Å². The first-order chi connectivity index (χ1) is 41.6. The monoisotopic (exact) mass is 1180 g/mol. The standard InChI is InChI=1S/C76H127NO8/c1-6-8-10-12-14-16-18-20-22-24-26-28-30-32-34-36-37-39-41-43-45-47-49-51-53-55-57-59-61-63-65-67-74(79)85-72(71-84-76(75(80)81)82-69-68-77(3,4)5)70-83-73(78)66-64-62-60-58-56-54-52-50-48-46-44-42-40-38-35-33-31-29-27-25-23-21-19-17-15-13-11-9-7-2/h8-11,14-17,20-23,26-29,32,34,37,39,43,45,72,76H,6-7,12-13,18-19,24-25,30-31,33,35-36,38,40-42,44,46-71H2,1-5H3/p+1/b10-8-,11-9-,16-14-,17-15-,22-20-,23-21-,28-26-,29-27-,34-32-,39-37-,45-43-. The number of carbonyl (C=O) groups excluding carboxylic acids is 2. The fraction of sp³-hybridized carbons (Fsp3) is 0.671. The fourth-order valence-electron chi connectivity index (χ4n) is 9.22. The molecular formula is C76H128NO8+. The molecule has 0 aromatic heterocycles. The molecule has 1 N–H and O–H groups in total. The summed E-state index contributed by atoms with van der Waals surface area (Å²) in [5, 5.41) is 9.75. The number of carboxylic acid groups (broad SMARTS) is 1. The van der Waals surface area contributed by atoms with Gasteiger partial charge < -0.3 is 28.5 Å². The Hall–Kier alpha value is -4.57. The van der Waals surface area contributed by atoms with Crippen LogP contribution >= 0.6 is 0 Å². The summed E-state index contributed by atoms with van der Waals surface area (Å²) in [6.07, 6.45) is 91.2. The molecule has 9 heteroatoms. The number of ether oxygens (including phenoxy) is 4. The SMILES string of the molecule is CC/C=C\C/C=C\C/C=C\C/C=C\C/C=C\C/C=C\C/C=C\CCCCCCCCCCCC(=O)OC(COC(=O)CCCCCCCCCCCCCCCCCC/C=C\C/C=C\C/C=C\C/C=C\CC)COC(OCC[N+](C)(C)C)C(=O)O. The number of carboxylic acids is 1. The van der Waals surface area contributed by atoms with E-state index >= 15 is 0 Å². The van der Waals surface area contributed by atoms with Crippen molar-refractivity contribution in [3.05, 3.63) is 134 Å². The van der Waals surface area contributed by atoms with Crippen molar-refractivity contribution in [2.75, 3.05) is 47.5 Å². The highest BCUT2D eigenvalue weighted by Gasteiger charge is 2.25. The van der Waals surface area contributed by atoms with Crippen molar-refractivity contribution in [3.8, 4) is 0 Å². The lowest BCUT2D eigenvalue weighted by atomic mass is 10.0. The van der Waals surface area contributed by atoms with Crippen LogP contribution in [0.15, 0.2) is 134 Å². The van der Waals surface area contributed by atoms with Crippen LogP contribution in [0, 0.1) is 0 Å². The number of hydrogen-bond donors (Lipinski definition) is 1. The Morgan fingerprint density at radius 3 is 0.941 bits per heavy atom. The van der Waals surface area contributed by atoms with E-state index in [4.69, 9.17) is 18.9 Å². The van der Waals surface area contributed by atoms with E-state index in [9.17, 15) is 19.5 Å². The molecule has 0 aliphatic carbocycles. The quantitative estimate of drug-likeness (QED) is 0.0211. The Bertz CT molecular complexity index is 1860. The van der Waals surface area contributed by atoms with Gasteiger partial charge in [0.2, 0.25) is 0 Å². The first-order valence-corrected chi connectivity index (χ1v) is 34.3. The van der Waals surface area contributed by atoms with Crippen LogP contribution in [0.2, 0.25) is 0 Å². The minimum absolute atomic E-state index is 0.181. The Morgan fingerprint density at radius 1 is 0.353 bits per heavy atom. The molecule has 0 rings (SSSR count). The molecule has 9 nitrogen and oxygen atoms in total. The third-order valence-electron chi connectivity index (χ3n) is 14.4. The molecule has 484 valence electrons. The van der Waals surface area contributed by atoms with Crippen molar-refractivity contribution in [3.63, 3.8) is 0 Å². The first-order valence-electron chi connectivity index (χ1n) is 34.3. The van der Waals surface area contributed by atoms with Gasteiger partial charge in [-0.2, -0.15) is 0 Å². The van der Waals surface area contributed by atoms with Crippen molar-refractivity contribution in [1.82, 2.24) is 0 Å². The maximum Gasteiger partial charge on any atom is 0.361 e. The fourth-order valence-corrected chi connectivity index (χ4v) is 9.22. The molecule has 0 amide bonds. The van der Waals surface area contributed by atoms with Crippen LogP contribution in [0.3, 0.4) is 0 Å². The molecule has 0 saturated heterocycles. The highest BCUT2D eigenvalue weighted by molar-refractivity contribution is 5.71. The number of carbonyl (C=O) groups is 3. The number of hydrogen-bond acceptors (Lipinski definition) is 7. The third kappa shape index (κ3) is 66.8. The van der Waals surface area contributed by atoms with Crippen molar-refractivity contribution in [2.45, 2.75) is 283 Å². The van der Waals surface area contributed by atoms with Gasteiger partial charge in [0.25, 0.3) is 6.29 Å². The molecule has 0 aromatic carbocycles. The smallest absolute Gasteiger partial charge is 0.361 e. The van der Waals surface area contributed by atoms with E-state index in [1.54, 1.807) is 0 Å². The average Bonchev–Trinajstić information content (AvgIpc) is 3.49. The van der Waals surface area contributed by atoms with E-state index < -0.39 is 24.3 Å². The van der Waals surface area contributed by atoms with Crippen molar-refractivity contribution >= 4 is 17.9 Å². The highest BCUT2D eigenvalue weighted by atomic mass is 16.7. The Morgan fingerprint density at radius 2 is 0.635 bits per heavy atom. The number of quaternary nitrogens is 1. The van der Waals surface area contributed by atoms with Crippen LogP contribution in [-0.4, -0.2) is 87.4 Å². The molecule has 0 spiro atoms. The number of aliphatic carboxylic acids is 1. The molecule has 2 unspecified atom stereocenters. The van der Waals surface area contributed by atoms with Crippen LogP contribution in [0.4, 0.5) is 0 Å². The van der Waals surface area contributed by atoms with E-state index in [2.05, 4.69) is 148 Å². The molecule has 0 bridgehead atoms. The minimum atomic E-state index is -1.52. The van der Waals surface area contributed by atoms with Gasteiger partial charge in [-0.1, -0.05) is 282 Å². The second kappa shape index (κ2) is 65.4. The highest BCUT2D eigenvalue weighted by Crippen LogP contribution is 2.17. The van der Waals surface area contributed by atoms with Gasteiger partial charge in [0.05, 0.1) is 34.4 Å². The molecule has 0 heterocycles. The minimum Gasteiger partial charge on any atom is -0.477 e. The summed E-state index contributed by atoms with van der Waals surface area (Å²) in [6.45, 7) is 4.65. The number of rotatable bonds is 62. The van der Waals surface area contributed by atoms with E-state index in [0.29, 0.717) is 23.9 Å². The topological polar surface area (TPSA) is 108 Å². The van der Waals surface area contributed by atoms with Crippen molar-refractivity contribution < 1.29 is 42.9 Å². The average molecular weight is 1180 g/mol. The maximum atomic E-state index is 12.9. The van der Waals surface area contributed by atoms with Crippen LogP contribution in [-0.2, 0) is 33.3 Å². The van der Waals surface area contributed by atoms with E-state index in [0.717, 1.165) is 116 Å². The maximum absolute atomic E-state index is 12.9. The predicted octanol–water partition coefficient (Wildman–Crippen LogP) is 21.4. The zero-order valence-electron chi connectivity index (χ0n) is 55.2. The predicted molar refractivity (Wildman–Crippen MR) is 364 cm³/mol. The number of nitrogens with zero attached hydrogens (tertiary/aromatic N) is 1. The second-order valence-electron chi connectivity index (χ2n) is 23.7. The molecule has 0 aliphatic rings. The lowest BCUT2D eigenvalue weighted by molar-refractivity contribution is -0.870. The number of likely N-dealkylation sites (N-methyl/N-ethyl adjacent to an activating group) is 1. The largest absolute Gasteiger partial charge is 0.477 e. The molecule has 0 aliphatic heterocycles. The summed E-state index contributed by atoms with van der Waals surface area (Å²) in [4.78, 5) is 37.6. The first kappa shape index (κ1) is 80.4. The summed E-state index contributed by atoms with van der Waals surface area (Å²) in [5.74, 6) is -2.02. The Balaban J connectivity index is 4.17. The van der Waals surface area contributed by atoms with E-state index in [1.165, 1.54) is 122 Å². The Kier molecular flexibility index (Phi) is 61.9. The van der Waals surface area contributed by atoms with Gasteiger partial charge in [0.1, 0.15) is 13.2 Å². The summed E-state index contributed by atoms with van der Waals surface area (Å²) in [5.41, 5.74) is 0. The molecule has 0 saturated carbocycles. The molecular weight excluding hydrogens is 1050 g/mol. The van der Waals surface area contributed by atoms with E-state index in [1.807, 2.05) is 21.1 Å². The van der Waals surface area contributed by atoms with Gasteiger partial charge >= 0.3 is 17.9 Å². The number of unbranched alkanes of at least 4 members (excludes halogenated alkanes) is 25. The number of allylic oxidation sites excluding steroid dienone is 22. The van der Waals surface area contributed by atoms with Gasteiger partial charge in [-0.3, -0.25) is 9.59 Å². The van der Waals surface area contributed by atoms with Crippen molar-refractivity contribution in [2.24, 2.45) is 0 Å². The summed E-state index contributed by atoms with van der Waals surface area (Å²) in [7, 11) is 5.97. The van der Waals surface area contributed by atoms with E-state index in [-0.39, 0.29) is 32.2 Å². The molecule has 0 aromatic rings. The van der Waals surface area contributed by atoms with Crippen LogP contribution < -0.4 is 0 Å². The summed E-state index contributed by atoms with van der Waals surface area (Å²) < 4.78 is 23.0. The summed E-state index contributed by atoms with van der Waals surface area (Å²) in [6, 6.07) is 0. The molecule has 2 atom stereocenters. The lowest BCUT2D eigenvalue weighted by Crippen LogP contribution is -2.40. The Labute approximate surface area is 522 Å².